The van der Waals surface area contributed by atoms with Crippen LogP contribution in [0.1, 0.15) is 128 Å². The van der Waals surface area contributed by atoms with Gasteiger partial charge >= 0.3 is 0 Å². The minimum atomic E-state index is -0.401. The van der Waals surface area contributed by atoms with Gasteiger partial charge in [0.1, 0.15) is 0 Å². The molecule has 8 aromatic rings. The highest BCUT2D eigenvalue weighted by molar-refractivity contribution is 6.08. The summed E-state index contributed by atoms with van der Waals surface area (Å²) in [6, 6.07) is 50.0. The number of hydrogen-bond acceptors (Lipinski definition) is 5. The first-order valence-corrected chi connectivity index (χ1v) is 26.1. The fourth-order valence-corrected chi connectivity index (χ4v) is 10.3. The summed E-state index contributed by atoms with van der Waals surface area (Å²) >= 11 is 0. The SMILES string of the molecule is O=[N+]([O-])c1ccc(N=Nc2ccc(N(CCCCCCCCCCCCn3c4ccccc4c4ccccc43)CCCCCCCCCCCCn3c4ccccc4c4ccccc43)cc2)cc1. The van der Waals surface area contributed by atoms with Crippen LogP contribution in [-0.4, -0.2) is 27.1 Å². The summed E-state index contributed by atoms with van der Waals surface area (Å²) < 4.78 is 5.05. The first-order valence-electron chi connectivity index (χ1n) is 26.1. The van der Waals surface area contributed by atoms with Gasteiger partial charge in [-0.25, -0.2) is 0 Å². The van der Waals surface area contributed by atoms with E-state index >= 15 is 0 Å². The van der Waals surface area contributed by atoms with Crippen LogP contribution in [0.5, 0.6) is 0 Å². The zero-order valence-electron chi connectivity index (χ0n) is 40.3. The maximum Gasteiger partial charge on any atom is 0.269 e. The molecule has 8 rings (SSSR count). The number of nitro benzene ring substituents is 1. The Kier molecular flexibility index (Phi) is 18.2. The normalized spacial score (nSPS) is 11.8. The van der Waals surface area contributed by atoms with Crippen molar-refractivity contribution in [2.45, 2.75) is 142 Å². The lowest BCUT2D eigenvalue weighted by molar-refractivity contribution is -0.384. The molecule has 6 aromatic carbocycles. The number of unbranched alkanes of at least 4 members (excludes halogenated alkanes) is 18. The van der Waals surface area contributed by atoms with E-state index in [1.165, 1.54) is 190 Å². The van der Waals surface area contributed by atoms with E-state index in [0.29, 0.717) is 5.69 Å². The molecule has 0 aliphatic carbocycles. The molecule has 0 radical (unpaired) electrons. The van der Waals surface area contributed by atoms with Crippen LogP contribution >= 0.6 is 0 Å². The number of aryl methyl sites for hydroxylation is 2. The molecule has 2 heterocycles. The van der Waals surface area contributed by atoms with Gasteiger partial charge in [-0.2, -0.15) is 10.2 Å². The van der Waals surface area contributed by atoms with Crippen molar-refractivity contribution in [1.29, 1.82) is 0 Å². The van der Waals surface area contributed by atoms with Crippen LogP contribution in [0, 0.1) is 10.1 Å². The molecule has 0 bridgehead atoms. The number of nitro groups is 1. The smallest absolute Gasteiger partial charge is 0.269 e. The van der Waals surface area contributed by atoms with Crippen LogP contribution in [0.4, 0.5) is 22.7 Å². The minimum Gasteiger partial charge on any atom is -0.372 e. The molecular weight excluding hydrogens is 837 g/mol. The van der Waals surface area contributed by atoms with E-state index in [0.717, 1.165) is 31.9 Å². The Morgan fingerprint density at radius 1 is 0.368 bits per heavy atom. The molecule has 0 N–H and O–H groups in total. The Hall–Kier alpha value is -6.28. The lowest BCUT2D eigenvalue weighted by Gasteiger charge is -2.25. The van der Waals surface area contributed by atoms with E-state index in [9.17, 15) is 10.1 Å². The van der Waals surface area contributed by atoms with E-state index in [2.05, 4.69) is 133 Å². The highest BCUT2D eigenvalue weighted by Gasteiger charge is 2.12. The second-order valence-electron chi connectivity index (χ2n) is 18.9. The fourth-order valence-electron chi connectivity index (χ4n) is 10.3. The lowest BCUT2D eigenvalue weighted by Crippen LogP contribution is -2.25. The zero-order valence-corrected chi connectivity index (χ0v) is 40.3. The van der Waals surface area contributed by atoms with Gasteiger partial charge in [0.2, 0.25) is 0 Å². The highest BCUT2D eigenvalue weighted by atomic mass is 16.6. The van der Waals surface area contributed by atoms with E-state index < -0.39 is 4.92 Å². The van der Waals surface area contributed by atoms with Gasteiger partial charge < -0.3 is 14.0 Å². The highest BCUT2D eigenvalue weighted by Crippen LogP contribution is 2.31. The second kappa shape index (κ2) is 25.7. The first-order chi connectivity index (χ1) is 33.6. The number of para-hydroxylation sites is 4. The van der Waals surface area contributed by atoms with Gasteiger partial charge in [0.05, 0.1) is 16.3 Å². The minimum absolute atomic E-state index is 0.0519. The van der Waals surface area contributed by atoms with Crippen LogP contribution in [0.25, 0.3) is 43.6 Å². The van der Waals surface area contributed by atoms with Crippen molar-refractivity contribution in [2.24, 2.45) is 10.2 Å². The number of non-ortho nitro benzene ring substituents is 1. The first kappa shape index (κ1) is 48.2. The Labute approximate surface area is 404 Å². The van der Waals surface area contributed by atoms with Gasteiger partial charge in [-0.15, -0.1) is 0 Å². The molecule has 68 heavy (non-hydrogen) atoms. The number of benzene rings is 6. The Morgan fingerprint density at radius 2 is 0.662 bits per heavy atom. The summed E-state index contributed by atoms with van der Waals surface area (Å²) in [7, 11) is 0. The monoisotopic (exact) mass is 909 g/mol. The third-order valence-electron chi connectivity index (χ3n) is 14.0. The summed E-state index contributed by atoms with van der Waals surface area (Å²) in [5.74, 6) is 0. The molecule has 2 aromatic heterocycles. The molecule has 0 aliphatic rings. The predicted octanol–water partition coefficient (Wildman–Crippen LogP) is 18.2. The topological polar surface area (TPSA) is 81.0 Å². The zero-order chi connectivity index (χ0) is 46.6. The standard InChI is InChI=1S/C60H72N6O2/c67-66(68)52-43-39-50(40-44-52)62-61-49-37-41-51(42-38-49)63(45-25-13-9-5-1-3-7-11-15-27-47-64-57-33-21-17-29-53(57)54-30-18-22-34-58(54)64)46-26-14-10-6-2-4-8-12-16-28-48-65-59-35-23-19-31-55(59)56-32-20-24-36-60(56)65/h17-24,29-44H,1-16,25-28,45-48H2. The van der Waals surface area contributed by atoms with Crippen LogP contribution in [-0.2, 0) is 13.1 Å². The average molecular weight is 909 g/mol. The van der Waals surface area contributed by atoms with Crippen LogP contribution in [0.3, 0.4) is 0 Å². The van der Waals surface area contributed by atoms with Gasteiger partial charge in [-0.3, -0.25) is 10.1 Å². The van der Waals surface area contributed by atoms with Crippen LogP contribution in [0.2, 0.25) is 0 Å². The van der Waals surface area contributed by atoms with Crippen molar-refractivity contribution in [3.63, 3.8) is 0 Å². The van der Waals surface area contributed by atoms with Gasteiger partial charge in [-0.05, 0) is 86.3 Å². The van der Waals surface area contributed by atoms with E-state index in [1.807, 2.05) is 12.1 Å². The van der Waals surface area contributed by atoms with Crippen molar-refractivity contribution in [3.05, 3.63) is 156 Å². The van der Waals surface area contributed by atoms with Gasteiger partial charge in [0.15, 0.2) is 0 Å². The van der Waals surface area contributed by atoms with Crippen molar-refractivity contribution in [3.8, 4) is 0 Å². The number of hydrogen-bond donors (Lipinski definition) is 0. The lowest BCUT2D eigenvalue weighted by atomic mass is 10.1. The van der Waals surface area contributed by atoms with Crippen molar-refractivity contribution < 1.29 is 4.92 Å². The molecule has 8 heteroatoms. The Morgan fingerprint density at radius 3 is 1.00 bits per heavy atom. The molecule has 0 atom stereocenters. The van der Waals surface area contributed by atoms with Gasteiger partial charge in [0, 0.05) is 87.6 Å². The van der Waals surface area contributed by atoms with E-state index in [1.54, 1.807) is 12.1 Å². The second-order valence-corrected chi connectivity index (χ2v) is 18.9. The molecule has 0 saturated carbocycles. The van der Waals surface area contributed by atoms with Crippen molar-refractivity contribution >= 4 is 66.4 Å². The molecule has 354 valence electrons. The largest absolute Gasteiger partial charge is 0.372 e. The summed E-state index contributed by atoms with van der Waals surface area (Å²) in [6.45, 7) is 4.34. The van der Waals surface area contributed by atoms with Crippen molar-refractivity contribution in [1.82, 2.24) is 9.13 Å². The Balaban J connectivity index is 0.706. The molecule has 0 amide bonds. The Bertz CT molecular complexity index is 2560. The van der Waals surface area contributed by atoms with Crippen molar-refractivity contribution in [2.75, 3.05) is 18.0 Å². The fraction of sp³-hybridized carbons (Fsp3) is 0.400. The molecule has 0 aliphatic heterocycles. The number of anilines is 1. The van der Waals surface area contributed by atoms with Gasteiger partial charge in [-0.1, -0.05) is 176 Å². The predicted molar refractivity (Wildman–Crippen MR) is 287 cm³/mol. The van der Waals surface area contributed by atoms with Crippen LogP contribution in [0.15, 0.2) is 156 Å². The number of fused-ring (bicyclic) bond motifs is 6. The quantitative estimate of drug-likeness (QED) is 0.0195. The third-order valence-corrected chi connectivity index (χ3v) is 14.0. The molecule has 0 spiro atoms. The van der Waals surface area contributed by atoms with Crippen LogP contribution < -0.4 is 4.90 Å². The molecule has 0 unspecified atom stereocenters. The summed E-state index contributed by atoms with van der Waals surface area (Å²) in [5, 5.41) is 25.2. The maximum atomic E-state index is 11.0. The van der Waals surface area contributed by atoms with E-state index in [4.69, 9.17) is 0 Å². The van der Waals surface area contributed by atoms with E-state index in [-0.39, 0.29) is 5.69 Å². The number of aromatic nitrogens is 2. The molecule has 8 nitrogen and oxygen atoms in total. The third kappa shape index (κ3) is 13.2. The summed E-state index contributed by atoms with van der Waals surface area (Å²) in [4.78, 5) is 13.2. The van der Waals surface area contributed by atoms with Gasteiger partial charge in [0.25, 0.3) is 5.69 Å². The summed E-state index contributed by atoms with van der Waals surface area (Å²) in [5.41, 5.74) is 8.12. The molecular formula is C60H72N6O2. The summed E-state index contributed by atoms with van der Waals surface area (Å²) in [6.07, 6.45) is 26.1. The molecule has 0 saturated heterocycles. The number of azo groups is 1. The number of nitrogens with zero attached hydrogens (tertiary/aromatic N) is 6. The number of rotatable bonds is 30. The molecule has 0 fully saturated rings. The maximum absolute atomic E-state index is 11.0. The average Bonchev–Trinajstić information content (AvgIpc) is 3.88.